The molecule has 5 aliphatic rings. The molecule has 0 amide bonds. The summed E-state index contributed by atoms with van der Waals surface area (Å²) < 4.78 is 6.98. The van der Waals surface area contributed by atoms with Gasteiger partial charge in [-0.1, -0.05) is 6.07 Å². The summed E-state index contributed by atoms with van der Waals surface area (Å²) in [6, 6.07) is 3.77. The normalized spacial score (nSPS) is 45.2. The van der Waals surface area contributed by atoms with Crippen LogP contribution in [0.5, 0.6) is 11.5 Å². The zero-order valence-corrected chi connectivity index (χ0v) is 15.2. The molecule has 2 N–H and O–H groups in total. The first kappa shape index (κ1) is 15.5. The van der Waals surface area contributed by atoms with Crippen LogP contribution in [0.3, 0.4) is 0 Å². The van der Waals surface area contributed by atoms with Gasteiger partial charge in [0.2, 0.25) is 0 Å². The van der Waals surface area contributed by atoms with Gasteiger partial charge in [-0.15, -0.1) is 0 Å². The predicted molar refractivity (Wildman–Crippen MR) is 94.1 cm³/mol. The lowest BCUT2D eigenvalue weighted by molar-refractivity contribution is -0.950. The topological polar surface area (TPSA) is 66.8 Å². The van der Waals surface area contributed by atoms with Gasteiger partial charge in [-0.2, -0.15) is 0 Å². The number of rotatable bonds is 2. The largest absolute Gasteiger partial charge is 0.504 e. The van der Waals surface area contributed by atoms with E-state index in [2.05, 4.69) is 7.05 Å². The van der Waals surface area contributed by atoms with E-state index in [1.807, 2.05) is 6.07 Å². The molecule has 1 spiro atoms. The number of Topliss-reactive ketones (excluding diaryl/α,β-unsaturated/α-hetero) is 1. The van der Waals surface area contributed by atoms with Gasteiger partial charge < -0.3 is 19.4 Å². The Bertz CT molecular complexity index is 849. The highest BCUT2D eigenvalue weighted by Crippen LogP contribution is 2.65. The van der Waals surface area contributed by atoms with Crippen LogP contribution >= 0.6 is 0 Å². The molecular weight excluding hydrogens is 330 g/mol. The summed E-state index contributed by atoms with van der Waals surface area (Å²) in [4.78, 5) is 12.8. The molecule has 1 saturated heterocycles. The fourth-order valence-electron chi connectivity index (χ4n) is 6.94. The van der Waals surface area contributed by atoms with E-state index in [0.717, 1.165) is 47.5 Å². The standard InChI is InChI=1S/C21H25NO4/c1-22(11-12-2-3-12)9-8-20-17-13-4-5-14(23)18(17)26-19(20)15(24)6-7-21(20,25)16(22)10-13/h4-5,12,16,19,25H,2-3,6-11H2,1H3/p+1/t16-,19+,20+,21+,22+/m1/s1. The Morgan fingerprint density at radius 2 is 2.12 bits per heavy atom. The first-order valence-corrected chi connectivity index (χ1v) is 10.0. The number of piperidine rings is 1. The van der Waals surface area contributed by atoms with E-state index in [0.29, 0.717) is 18.6 Å². The number of nitrogens with zero attached hydrogens (tertiary/aromatic N) is 1. The first-order valence-electron chi connectivity index (χ1n) is 10.0. The molecule has 0 unspecified atom stereocenters. The van der Waals surface area contributed by atoms with Crippen molar-refractivity contribution in [3.63, 3.8) is 0 Å². The van der Waals surface area contributed by atoms with Gasteiger partial charge >= 0.3 is 0 Å². The number of hydrogen-bond acceptors (Lipinski definition) is 4. The number of ether oxygens (including phenoxy) is 1. The minimum atomic E-state index is -0.931. The Kier molecular flexibility index (Phi) is 2.65. The van der Waals surface area contributed by atoms with Crippen LogP contribution < -0.4 is 4.74 Å². The number of likely N-dealkylation sites (N-methyl/N-ethyl adjacent to an activating group) is 1. The van der Waals surface area contributed by atoms with E-state index in [-0.39, 0.29) is 17.6 Å². The second-order valence-corrected chi connectivity index (χ2v) is 9.61. The summed E-state index contributed by atoms with van der Waals surface area (Å²) >= 11 is 0. The predicted octanol–water partition coefficient (Wildman–Crippen LogP) is 1.67. The Balaban J connectivity index is 1.60. The van der Waals surface area contributed by atoms with Crippen LogP contribution in [0.15, 0.2) is 12.1 Å². The highest BCUT2D eigenvalue weighted by molar-refractivity contribution is 5.90. The van der Waals surface area contributed by atoms with Crippen LogP contribution in [0.1, 0.15) is 43.2 Å². The second kappa shape index (κ2) is 4.45. The fraction of sp³-hybridized carbons (Fsp3) is 0.667. The van der Waals surface area contributed by atoms with Gasteiger partial charge in [-0.25, -0.2) is 0 Å². The molecule has 5 atom stereocenters. The molecule has 2 heterocycles. The van der Waals surface area contributed by atoms with Crippen LogP contribution in [0, 0.1) is 5.92 Å². The lowest BCUT2D eigenvalue weighted by Crippen LogP contribution is -2.80. The Hall–Kier alpha value is -1.59. The third kappa shape index (κ3) is 1.55. The second-order valence-electron chi connectivity index (χ2n) is 9.61. The molecule has 2 bridgehead atoms. The van der Waals surface area contributed by atoms with Gasteiger partial charge in [0.25, 0.3) is 0 Å². The molecule has 1 aromatic rings. The number of phenolic OH excluding ortho intramolecular Hbond substituents is 1. The molecule has 6 rings (SSSR count). The average Bonchev–Trinajstić information content (AvgIpc) is 3.32. The van der Waals surface area contributed by atoms with Crippen molar-refractivity contribution in [1.82, 2.24) is 0 Å². The monoisotopic (exact) mass is 356 g/mol. The number of carbonyl (C=O) groups is 1. The van der Waals surface area contributed by atoms with Crippen LogP contribution in [-0.2, 0) is 16.6 Å². The molecule has 2 aliphatic heterocycles. The van der Waals surface area contributed by atoms with Gasteiger partial charge in [0, 0.05) is 30.7 Å². The molecule has 138 valence electrons. The van der Waals surface area contributed by atoms with Crippen molar-refractivity contribution in [3.8, 4) is 11.5 Å². The minimum absolute atomic E-state index is 0.0789. The van der Waals surface area contributed by atoms with E-state index in [4.69, 9.17) is 4.74 Å². The van der Waals surface area contributed by atoms with Crippen LogP contribution in [0.25, 0.3) is 0 Å². The van der Waals surface area contributed by atoms with E-state index in [1.54, 1.807) is 6.07 Å². The Morgan fingerprint density at radius 3 is 2.88 bits per heavy atom. The number of carbonyl (C=O) groups excluding carboxylic acids is 1. The maximum atomic E-state index is 12.8. The first-order chi connectivity index (χ1) is 12.4. The average molecular weight is 356 g/mol. The van der Waals surface area contributed by atoms with Crippen molar-refractivity contribution in [2.75, 3.05) is 20.1 Å². The third-order valence-corrected chi connectivity index (χ3v) is 8.28. The SMILES string of the molecule is C[N@@+]1(CC2CC2)CC[C@]23c4c5ccc(O)c4O[C@H]2C(=O)CC[C@]3(O)[C@H]1C5. The van der Waals surface area contributed by atoms with Crippen molar-refractivity contribution in [2.45, 2.75) is 61.7 Å². The van der Waals surface area contributed by atoms with E-state index < -0.39 is 17.1 Å². The molecular formula is C21H26NO4+. The molecule has 0 radical (unpaired) electrons. The number of likely N-dealkylation sites (tertiary alicyclic amines) is 1. The number of quaternary nitrogens is 1. The van der Waals surface area contributed by atoms with Crippen molar-refractivity contribution in [1.29, 1.82) is 0 Å². The lowest BCUT2D eigenvalue weighted by atomic mass is 9.48. The number of ketones is 1. The highest BCUT2D eigenvalue weighted by Gasteiger charge is 2.76. The van der Waals surface area contributed by atoms with Gasteiger partial charge in [0.1, 0.15) is 11.6 Å². The van der Waals surface area contributed by atoms with Crippen molar-refractivity contribution < 1.29 is 24.2 Å². The maximum Gasteiger partial charge on any atom is 0.174 e. The summed E-state index contributed by atoms with van der Waals surface area (Å²) in [5, 5.41) is 22.5. The van der Waals surface area contributed by atoms with Gasteiger partial charge in [-0.3, -0.25) is 4.79 Å². The smallest absolute Gasteiger partial charge is 0.174 e. The Labute approximate surface area is 153 Å². The highest BCUT2D eigenvalue weighted by atomic mass is 16.5. The summed E-state index contributed by atoms with van der Waals surface area (Å²) in [6.07, 6.45) is 4.42. The minimum Gasteiger partial charge on any atom is -0.504 e. The summed E-state index contributed by atoms with van der Waals surface area (Å²) in [6.45, 7) is 2.09. The van der Waals surface area contributed by atoms with Gasteiger partial charge in [-0.05, 0) is 30.9 Å². The number of phenols is 1. The molecule has 3 aliphatic carbocycles. The molecule has 5 heteroatoms. The molecule has 5 nitrogen and oxygen atoms in total. The fourth-order valence-corrected chi connectivity index (χ4v) is 6.94. The number of benzene rings is 1. The lowest BCUT2D eigenvalue weighted by Gasteiger charge is -2.64. The van der Waals surface area contributed by atoms with E-state index in [1.165, 1.54) is 12.8 Å². The zero-order chi connectivity index (χ0) is 17.9. The zero-order valence-electron chi connectivity index (χ0n) is 15.2. The molecule has 0 aromatic heterocycles. The number of hydrogen-bond donors (Lipinski definition) is 2. The van der Waals surface area contributed by atoms with Crippen LogP contribution in [0.4, 0.5) is 0 Å². The third-order valence-electron chi connectivity index (χ3n) is 8.28. The number of aliphatic hydroxyl groups is 1. The van der Waals surface area contributed by atoms with Crippen molar-refractivity contribution >= 4 is 5.78 Å². The molecule has 1 aromatic carbocycles. The summed E-state index contributed by atoms with van der Waals surface area (Å²) in [7, 11) is 2.31. The number of aromatic hydroxyl groups is 1. The molecule has 26 heavy (non-hydrogen) atoms. The van der Waals surface area contributed by atoms with Crippen molar-refractivity contribution in [2.24, 2.45) is 5.92 Å². The summed E-state index contributed by atoms with van der Waals surface area (Å²) in [5.41, 5.74) is 0.492. The molecule has 3 fully saturated rings. The quantitative estimate of drug-likeness (QED) is 0.791. The van der Waals surface area contributed by atoms with E-state index in [9.17, 15) is 15.0 Å². The Morgan fingerprint density at radius 1 is 1.31 bits per heavy atom. The maximum absolute atomic E-state index is 12.8. The van der Waals surface area contributed by atoms with Crippen molar-refractivity contribution in [3.05, 3.63) is 23.3 Å². The molecule has 2 saturated carbocycles. The van der Waals surface area contributed by atoms with Crippen LogP contribution in [0.2, 0.25) is 0 Å². The van der Waals surface area contributed by atoms with E-state index >= 15 is 0 Å². The van der Waals surface area contributed by atoms with Crippen LogP contribution in [-0.4, -0.2) is 58.4 Å². The summed E-state index contributed by atoms with van der Waals surface area (Å²) in [5.74, 6) is 1.42. The van der Waals surface area contributed by atoms with Gasteiger partial charge in [0.15, 0.2) is 23.4 Å². The van der Waals surface area contributed by atoms with Gasteiger partial charge in [0.05, 0.1) is 25.6 Å².